The van der Waals surface area contributed by atoms with E-state index >= 15 is 0 Å². The molecular formula is C13H17F2NO. The Balaban J connectivity index is 2.36. The van der Waals surface area contributed by atoms with Gasteiger partial charge in [-0.25, -0.2) is 8.78 Å². The van der Waals surface area contributed by atoms with E-state index in [4.69, 9.17) is 0 Å². The van der Waals surface area contributed by atoms with Crippen molar-refractivity contribution in [2.75, 3.05) is 6.54 Å². The standard InChI is InChI=1S/C13H17F2NO/c1-9(2)7-13(17)16-6-5-10-3-4-11(14)12(15)8-10/h3-4,8-9H,5-7H2,1-2H3,(H,16,17). The third-order valence-corrected chi connectivity index (χ3v) is 2.31. The average molecular weight is 241 g/mol. The lowest BCUT2D eigenvalue weighted by Crippen LogP contribution is -2.26. The number of hydrogen-bond donors (Lipinski definition) is 1. The van der Waals surface area contributed by atoms with E-state index in [1.807, 2.05) is 13.8 Å². The first-order valence-electron chi connectivity index (χ1n) is 5.69. The van der Waals surface area contributed by atoms with Gasteiger partial charge < -0.3 is 5.32 Å². The molecule has 0 saturated carbocycles. The molecule has 2 nitrogen and oxygen atoms in total. The molecule has 1 amide bonds. The highest BCUT2D eigenvalue weighted by Crippen LogP contribution is 2.08. The molecule has 0 aliphatic heterocycles. The molecule has 0 heterocycles. The Hall–Kier alpha value is -1.45. The lowest BCUT2D eigenvalue weighted by molar-refractivity contribution is -0.121. The highest BCUT2D eigenvalue weighted by atomic mass is 19.2. The zero-order valence-corrected chi connectivity index (χ0v) is 10.1. The molecule has 1 aromatic carbocycles. The molecule has 0 spiro atoms. The van der Waals surface area contributed by atoms with Crippen molar-refractivity contribution in [3.8, 4) is 0 Å². The van der Waals surface area contributed by atoms with Crippen LogP contribution in [0.4, 0.5) is 8.78 Å². The number of rotatable bonds is 5. The van der Waals surface area contributed by atoms with Crippen LogP contribution in [-0.4, -0.2) is 12.5 Å². The summed E-state index contributed by atoms with van der Waals surface area (Å²) < 4.78 is 25.5. The van der Waals surface area contributed by atoms with Crippen LogP contribution in [0.25, 0.3) is 0 Å². The Kier molecular flexibility index (Phi) is 5.07. The van der Waals surface area contributed by atoms with Gasteiger partial charge in [-0.1, -0.05) is 19.9 Å². The lowest BCUT2D eigenvalue weighted by atomic mass is 10.1. The molecule has 17 heavy (non-hydrogen) atoms. The number of halogens is 2. The number of nitrogens with one attached hydrogen (secondary N) is 1. The molecule has 4 heteroatoms. The van der Waals surface area contributed by atoms with Gasteiger partial charge in [0.25, 0.3) is 0 Å². The molecule has 1 N–H and O–H groups in total. The topological polar surface area (TPSA) is 29.1 Å². The van der Waals surface area contributed by atoms with Crippen LogP contribution in [0.2, 0.25) is 0 Å². The van der Waals surface area contributed by atoms with Crippen LogP contribution in [0, 0.1) is 17.6 Å². The highest BCUT2D eigenvalue weighted by Gasteiger charge is 2.05. The summed E-state index contributed by atoms with van der Waals surface area (Å²) in [7, 11) is 0. The summed E-state index contributed by atoms with van der Waals surface area (Å²) in [6.07, 6.45) is 0.985. The van der Waals surface area contributed by atoms with Crippen LogP contribution >= 0.6 is 0 Å². The van der Waals surface area contributed by atoms with E-state index in [-0.39, 0.29) is 5.91 Å². The largest absolute Gasteiger partial charge is 0.356 e. The monoisotopic (exact) mass is 241 g/mol. The smallest absolute Gasteiger partial charge is 0.220 e. The van der Waals surface area contributed by atoms with Crippen LogP contribution < -0.4 is 5.32 Å². The van der Waals surface area contributed by atoms with Crippen molar-refractivity contribution in [3.63, 3.8) is 0 Å². The molecule has 1 aromatic rings. The number of benzene rings is 1. The average Bonchev–Trinajstić information content (AvgIpc) is 2.22. The van der Waals surface area contributed by atoms with Gasteiger partial charge in [-0.3, -0.25) is 4.79 Å². The van der Waals surface area contributed by atoms with Gasteiger partial charge in [0.15, 0.2) is 11.6 Å². The zero-order valence-electron chi connectivity index (χ0n) is 10.1. The minimum atomic E-state index is -0.851. The van der Waals surface area contributed by atoms with Crippen molar-refractivity contribution in [3.05, 3.63) is 35.4 Å². The summed E-state index contributed by atoms with van der Waals surface area (Å²) in [4.78, 5) is 11.3. The summed E-state index contributed by atoms with van der Waals surface area (Å²) in [5.41, 5.74) is 0.675. The van der Waals surface area contributed by atoms with E-state index in [9.17, 15) is 13.6 Å². The van der Waals surface area contributed by atoms with Crippen molar-refractivity contribution < 1.29 is 13.6 Å². The summed E-state index contributed by atoms with van der Waals surface area (Å²) >= 11 is 0. The van der Waals surface area contributed by atoms with Crippen molar-refractivity contribution in [1.82, 2.24) is 5.32 Å². The molecule has 0 atom stereocenters. The van der Waals surface area contributed by atoms with Crippen molar-refractivity contribution in [2.24, 2.45) is 5.92 Å². The Bertz CT molecular complexity index is 391. The molecule has 94 valence electrons. The van der Waals surface area contributed by atoms with Crippen LogP contribution in [0.1, 0.15) is 25.8 Å². The van der Waals surface area contributed by atoms with E-state index in [1.54, 1.807) is 0 Å². The molecule has 0 unspecified atom stereocenters. The van der Waals surface area contributed by atoms with E-state index in [0.29, 0.717) is 30.9 Å². The summed E-state index contributed by atoms with van der Waals surface area (Å²) in [6, 6.07) is 3.78. The van der Waals surface area contributed by atoms with Gasteiger partial charge in [0, 0.05) is 13.0 Å². The Labute approximate surface area is 100 Å². The number of hydrogen-bond acceptors (Lipinski definition) is 1. The predicted octanol–water partition coefficient (Wildman–Crippen LogP) is 2.67. The Morgan fingerprint density at radius 2 is 2.00 bits per heavy atom. The quantitative estimate of drug-likeness (QED) is 0.843. The Morgan fingerprint density at radius 1 is 1.29 bits per heavy atom. The number of amides is 1. The van der Waals surface area contributed by atoms with Crippen molar-refractivity contribution in [2.45, 2.75) is 26.7 Å². The fourth-order valence-electron chi connectivity index (χ4n) is 1.48. The molecule has 0 aliphatic carbocycles. The van der Waals surface area contributed by atoms with Gasteiger partial charge in [0.2, 0.25) is 5.91 Å². The second-order valence-electron chi connectivity index (χ2n) is 4.45. The van der Waals surface area contributed by atoms with Crippen LogP contribution in [0.5, 0.6) is 0 Å². The van der Waals surface area contributed by atoms with Crippen LogP contribution in [0.15, 0.2) is 18.2 Å². The summed E-state index contributed by atoms with van der Waals surface area (Å²) in [5.74, 6) is -1.39. The lowest BCUT2D eigenvalue weighted by Gasteiger charge is -2.07. The van der Waals surface area contributed by atoms with Gasteiger partial charge in [-0.15, -0.1) is 0 Å². The summed E-state index contributed by atoms with van der Waals surface area (Å²) in [5, 5.41) is 2.74. The summed E-state index contributed by atoms with van der Waals surface area (Å²) in [6.45, 7) is 4.38. The fraction of sp³-hybridized carbons (Fsp3) is 0.462. The zero-order chi connectivity index (χ0) is 12.8. The van der Waals surface area contributed by atoms with E-state index < -0.39 is 11.6 Å². The molecule has 0 bridgehead atoms. The molecular weight excluding hydrogens is 224 g/mol. The first-order chi connectivity index (χ1) is 7.99. The molecule has 0 aromatic heterocycles. The molecule has 0 aliphatic rings. The van der Waals surface area contributed by atoms with Gasteiger partial charge >= 0.3 is 0 Å². The maximum atomic E-state index is 12.9. The highest BCUT2D eigenvalue weighted by molar-refractivity contribution is 5.76. The van der Waals surface area contributed by atoms with Crippen molar-refractivity contribution in [1.29, 1.82) is 0 Å². The second kappa shape index (κ2) is 6.33. The normalized spacial score (nSPS) is 10.6. The van der Waals surface area contributed by atoms with Crippen LogP contribution in [-0.2, 0) is 11.2 Å². The van der Waals surface area contributed by atoms with Gasteiger partial charge in [0.1, 0.15) is 0 Å². The molecule has 0 saturated heterocycles. The van der Waals surface area contributed by atoms with Crippen molar-refractivity contribution >= 4 is 5.91 Å². The van der Waals surface area contributed by atoms with Crippen LogP contribution in [0.3, 0.4) is 0 Å². The Morgan fingerprint density at radius 3 is 2.59 bits per heavy atom. The SMILES string of the molecule is CC(C)CC(=O)NCCc1ccc(F)c(F)c1. The van der Waals surface area contributed by atoms with Gasteiger partial charge in [0.05, 0.1) is 0 Å². The van der Waals surface area contributed by atoms with E-state index in [2.05, 4.69) is 5.32 Å². The predicted molar refractivity (Wildman–Crippen MR) is 62.5 cm³/mol. The van der Waals surface area contributed by atoms with Gasteiger partial charge in [-0.05, 0) is 30.0 Å². The second-order valence-corrected chi connectivity index (χ2v) is 4.45. The van der Waals surface area contributed by atoms with E-state index in [1.165, 1.54) is 6.07 Å². The maximum absolute atomic E-state index is 12.9. The first-order valence-corrected chi connectivity index (χ1v) is 5.69. The molecule has 0 radical (unpaired) electrons. The number of carbonyl (C=O) groups is 1. The minimum absolute atomic E-state index is 0.0115. The first kappa shape index (κ1) is 13.6. The van der Waals surface area contributed by atoms with E-state index in [0.717, 1.165) is 12.1 Å². The third-order valence-electron chi connectivity index (χ3n) is 2.31. The molecule has 1 rings (SSSR count). The third kappa shape index (κ3) is 4.93. The van der Waals surface area contributed by atoms with Gasteiger partial charge in [-0.2, -0.15) is 0 Å². The molecule has 0 fully saturated rings. The minimum Gasteiger partial charge on any atom is -0.356 e. The number of carbonyl (C=O) groups excluding carboxylic acids is 1. The fourth-order valence-corrected chi connectivity index (χ4v) is 1.48. The maximum Gasteiger partial charge on any atom is 0.220 e.